The summed E-state index contributed by atoms with van der Waals surface area (Å²) in [4.78, 5) is 9.32. The predicted octanol–water partition coefficient (Wildman–Crippen LogP) is 4.25. The van der Waals surface area contributed by atoms with Crippen molar-refractivity contribution in [1.29, 1.82) is 0 Å². The largest absolute Gasteiger partial charge is 0.497 e. The molecule has 2 aromatic heterocycles. The molecule has 0 atom stereocenters. The summed E-state index contributed by atoms with van der Waals surface area (Å²) in [6, 6.07) is 12.4. The Bertz CT molecular complexity index is 1170. The number of hydrogen-bond donors (Lipinski definition) is 0. The monoisotopic (exact) mass is 360 g/mol. The summed E-state index contributed by atoms with van der Waals surface area (Å²) in [5.41, 5.74) is 5.31. The van der Waals surface area contributed by atoms with Crippen molar-refractivity contribution in [2.75, 3.05) is 7.11 Å². The molecular weight excluding hydrogens is 343 g/mol. The van der Waals surface area contributed by atoms with Crippen LogP contribution in [0.2, 0.25) is 0 Å². The van der Waals surface area contributed by atoms with Crippen LogP contribution >= 0.6 is 0 Å². The van der Waals surface area contributed by atoms with Gasteiger partial charge >= 0.3 is 0 Å². The van der Waals surface area contributed by atoms with Gasteiger partial charge in [0.05, 0.1) is 35.6 Å². The number of ether oxygens (including phenoxy) is 1. The zero-order valence-corrected chi connectivity index (χ0v) is 14.8. The van der Waals surface area contributed by atoms with E-state index >= 15 is 0 Å². The Morgan fingerprint density at radius 2 is 1.96 bits per heavy atom. The molecule has 4 aromatic rings. The highest BCUT2D eigenvalue weighted by Gasteiger charge is 2.26. The molecule has 0 radical (unpaired) electrons. The van der Waals surface area contributed by atoms with Crippen LogP contribution in [-0.2, 0) is 13.0 Å². The Balaban J connectivity index is 1.77. The molecule has 1 aliphatic rings. The second-order valence-corrected chi connectivity index (χ2v) is 6.59. The molecule has 2 aromatic carbocycles. The summed E-state index contributed by atoms with van der Waals surface area (Å²) in [5, 5.41) is 4.71. The van der Waals surface area contributed by atoms with Crippen LogP contribution in [0.4, 0.5) is 4.39 Å². The Morgan fingerprint density at radius 3 is 2.81 bits per heavy atom. The van der Waals surface area contributed by atoms with Crippen molar-refractivity contribution < 1.29 is 9.13 Å². The Morgan fingerprint density at radius 1 is 1.11 bits per heavy atom. The molecule has 0 fully saturated rings. The minimum atomic E-state index is -0.331. The molecule has 27 heavy (non-hydrogen) atoms. The van der Waals surface area contributed by atoms with Crippen molar-refractivity contribution in [3.63, 3.8) is 0 Å². The minimum absolute atomic E-state index is 0.331. The molecule has 0 saturated carbocycles. The number of halogens is 1. The second kappa shape index (κ2) is 6.16. The van der Waals surface area contributed by atoms with E-state index in [2.05, 4.69) is 4.98 Å². The maximum absolute atomic E-state index is 14.7. The average Bonchev–Trinajstić information content (AvgIpc) is 3.29. The minimum Gasteiger partial charge on any atom is -0.497 e. The molecule has 5 nitrogen and oxygen atoms in total. The number of para-hydroxylation sites is 2. The smallest absolute Gasteiger partial charge is 0.132 e. The highest BCUT2D eigenvalue weighted by molar-refractivity contribution is 5.84. The van der Waals surface area contributed by atoms with Crippen molar-refractivity contribution in [3.8, 4) is 28.3 Å². The number of methoxy groups -OCH3 is 1. The van der Waals surface area contributed by atoms with Gasteiger partial charge in [0, 0.05) is 17.8 Å². The topological polar surface area (TPSA) is 52.8 Å². The SMILES string of the molecule is COc1ccc(F)c(-c2nn3c(c2-c2cnc4ccccc4n2)CCC3)c1. The van der Waals surface area contributed by atoms with E-state index in [9.17, 15) is 4.39 Å². The summed E-state index contributed by atoms with van der Waals surface area (Å²) in [6.07, 6.45) is 3.67. The van der Waals surface area contributed by atoms with Crippen LogP contribution < -0.4 is 4.74 Å². The van der Waals surface area contributed by atoms with Gasteiger partial charge in [-0.25, -0.2) is 9.37 Å². The van der Waals surface area contributed by atoms with E-state index in [1.165, 1.54) is 6.07 Å². The molecule has 0 spiro atoms. The van der Waals surface area contributed by atoms with Gasteiger partial charge in [-0.15, -0.1) is 0 Å². The first-order chi connectivity index (χ1) is 13.2. The summed E-state index contributed by atoms with van der Waals surface area (Å²) >= 11 is 0. The lowest BCUT2D eigenvalue weighted by atomic mass is 10.0. The van der Waals surface area contributed by atoms with Crippen molar-refractivity contribution in [1.82, 2.24) is 19.7 Å². The maximum atomic E-state index is 14.7. The van der Waals surface area contributed by atoms with Gasteiger partial charge < -0.3 is 4.74 Å². The van der Waals surface area contributed by atoms with Gasteiger partial charge in [0.15, 0.2) is 0 Å². The summed E-state index contributed by atoms with van der Waals surface area (Å²) in [5.74, 6) is 0.262. The molecule has 0 N–H and O–H groups in total. The van der Waals surface area contributed by atoms with Crippen molar-refractivity contribution in [2.45, 2.75) is 19.4 Å². The van der Waals surface area contributed by atoms with Crippen LogP contribution in [0.3, 0.4) is 0 Å². The van der Waals surface area contributed by atoms with E-state index in [0.717, 1.165) is 41.7 Å². The van der Waals surface area contributed by atoms with E-state index in [4.69, 9.17) is 14.8 Å². The summed E-state index contributed by atoms with van der Waals surface area (Å²) in [6.45, 7) is 0.828. The molecule has 1 aliphatic heterocycles. The maximum Gasteiger partial charge on any atom is 0.132 e. The third-order valence-electron chi connectivity index (χ3n) is 4.97. The zero-order chi connectivity index (χ0) is 18.4. The quantitative estimate of drug-likeness (QED) is 0.548. The van der Waals surface area contributed by atoms with Crippen LogP contribution in [0.25, 0.3) is 33.5 Å². The van der Waals surface area contributed by atoms with E-state index in [1.54, 1.807) is 25.4 Å². The van der Waals surface area contributed by atoms with E-state index in [1.807, 2.05) is 28.9 Å². The first kappa shape index (κ1) is 15.9. The fraction of sp³-hybridized carbons (Fsp3) is 0.190. The van der Waals surface area contributed by atoms with Gasteiger partial charge in [0.2, 0.25) is 0 Å². The zero-order valence-electron chi connectivity index (χ0n) is 14.8. The van der Waals surface area contributed by atoms with Crippen LogP contribution in [0, 0.1) is 5.82 Å². The molecule has 5 rings (SSSR count). The van der Waals surface area contributed by atoms with Gasteiger partial charge in [0.1, 0.15) is 17.3 Å². The van der Waals surface area contributed by atoms with Crippen LogP contribution in [0.5, 0.6) is 5.75 Å². The average molecular weight is 360 g/mol. The fourth-order valence-corrected chi connectivity index (χ4v) is 3.68. The van der Waals surface area contributed by atoms with Gasteiger partial charge in [-0.3, -0.25) is 9.67 Å². The highest BCUT2D eigenvalue weighted by atomic mass is 19.1. The number of nitrogens with zero attached hydrogens (tertiary/aromatic N) is 4. The van der Waals surface area contributed by atoms with E-state index in [0.29, 0.717) is 22.7 Å². The number of fused-ring (bicyclic) bond motifs is 2. The molecule has 0 aliphatic carbocycles. The van der Waals surface area contributed by atoms with Crippen molar-refractivity contribution >= 4 is 11.0 Å². The van der Waals surface area contributed by atoms with E-state index in [-0.39, 0.29) is 5.82 Å². The Kier molecular flexibility index (Phi) is 3.63. The third kappa shape index (κ3) is 2.56. The standard InChI is InChI=1S/C21H17FN4O/c1-27-13-8-9-15(22)14(11-13)21-20(19-7-4-10-26(19)25-21)18-12-23-16-5-2-3-6-17(16)24-18/h2-3,5-6,8-9,11-12H,4,7,10H2,1H3. The van der Waals surface area contributed by atoms with Crippen LogP contribution in [-0.4, -0.2) is 26.9 Å². The lowest BCUT2D eigenvalue weighted by Crippen LogP contribution is -1.95. The third-order valence-corrected chi connectivity index (χ3v) is 4.97. The molecule has 0 unspecified atom stereocenters. The van der Waals surface area contributed by atoms with Crippen LogP contribution in [0.1, 0.15) is 12.1 Å². The second-order valence-electron chi connectivity index (χ2n) is 6.59. The Hall–Kier alpha value is -3.28. The Labute approximate surface area is 155 Å². The molecule has 0 bridgehead atoms. The van der Waals surface area contributed by atoms with E-state index < -0.39 is 0 Å². The molecule has 134 valence electrons. The van der Waals surface area contributed by atoms with Gasteiger partial charge in [0.25, 0.3) is 0 Å². The number of benzene rings is 2. The highest BCUT2D eigenvalue weighted by Crippen LogP contribution is 2.38. The molecule has 6 heteroatoms. The van der Waals surface area contributed by atoms with Crippen LogP contribution in [0.15, 0.2) is 48.7 Å². The predicted molar refractivity (Wildman–Crippen MR) is 101 cm³/mol. The lowest BCUT2D eigenvalue weighted by molar-refractivity contribution is 0.414. The first-order valence-electron chi connectivity index (χ1n) is 8.90. The van der Waals surface area contributed by atoms with Gasteiger partial charge in [-0.2, -0.15) is 5.10 Å². The van der Waals surface area contributed by atoms with Gasteiger partial charge in [-0.05, 0) is 43.2 Å². The lowest BCUT2D eigenvalue weighted by Gasteiger charge is -2.08. The molecular formula is C21H17FN4O. The normalized spacial score (nSPS) is 13.1. The summed E-state index contributed by atoms with van der Waals surface area (Å²) < 4.78 is 21.9. The number of aromatic nitrogens is 4. The fourth-order valence-electron chi connectivity index (χ4n) is 3.68. The summed E-state index contributed by atoms with van der Waals surface area (Å²) in [7, 11) is 1.57. The van der Waals surface area contributed by atoms with Gasteiger partial charge in [-0.1, -0.05) is 12.1 Å². The molecule has 0 amide bonds. The number of rotatable bonds is 3. The molecule has 3 heterocycles. The van der Waals surface area contributed by atoms with Crippen molar-refractivity contribution in [2.24, 2.45) is 0 Å². The number of aryl methyl sites for hydroxylation is 1. The number of hydrogen-bond acceptors (Lipinski definition) is 4. The molecule has 0 saturated heterocycles. The first-order valence-corrected chi connectivity index (χ1v) is 8.90. The van der Waals surface area contributed by atoms with Crippen molar-refractivity contribution in [3.05, 3.63) is 60.2 Å².